The Balaban J connectivity index is 1.82. The van der Waals surface area contributed by atoms with E-state index >= 15 is 0 Å². The molecule has 1 aromatic heterocycles. The number of nitrogens with one attached hydrogen (secondary N) is 2. The summed E-state index contributed by atoms with van der Waals surface area (Å²) in [6, 6.07) is 9.12. The van der Waals surface area contributed by atoms with Crippen LogP contribution in [0.4, 0.5) is 5.69 Å². The monoisotopic (exact) mass is 359 g/mol. The van der Waals surface area contributed by atoms with Crippen molar-refractivity contribution < 1.29 is 14.4 Å². The number of amides is 3. The Morgan fingerprint density at radius 1 is 1.12 bits per heavy atom. The minimum atomic E-state index is -0.332. The molecule has 7 heteroatoms. The normalized spacial score (nSPS) is 10.2. The number of hydrogen-bond acceptors (Lipinski definition) is 4. The van der Waals surface area contributed by atoms with Crippen molar-refractivity contribution in [2.45, 2.75) is 13.8 Å². The van der Waals surface area contributed by atoms with E-state index in [0.29, 0.717) is 4.88 Å². The van der Waals surface area contributed by atoms with Gasteiger partial charge in [0, 0.05) is 12.7 Å². The van der Waals surface area contributed by atoms with Crippen molar-refractivity contribution in [1.82, 2.24) is 10.2 Å². The Hall–Kier alpha value is -2.67. The van der Waals surface area contributed by atoms with Gasteiger partial charge in [0.25, 0.3) is 5.91 Å². The van der Waals surface area contributed by atoms with Crippen LogP contribution in [0.25, 0.3) is 0 Å². The van der Waals surface area contributed by atoms with Crippen LogP contribution in [0, 0.1) is 13.8 Å². The van der Waals surface area contributed by atoms with Crippen molar-refractivity contribution in [1.29, 1.82) is 0 Å². The van der Waals surface area contributed by atoms with Crippen LogP contribution in [-0.2, 0) is 9.59 Å². The number of thiophene rings is 1. The van der Waals surface area contributed by atoms with Crippen LogP contribution < -0.4 is 10.6 Å². The highest BCUT2D eigenvalue weighted by atomic mass is 32.1. The molecule has 2 rings (SSSR count). The van der Waals surface area contributed by atoms with Crippen LogP contribution >= 0.6 is 11.3 Å². The van der Waals surface area contributed by atoms with Gasteiger partial charge in [-0.2, -0.15) is 0 Å². The van der Waals surface area contributed by atoms with E-state index in [1.807, 2.05) is 32.0 Å². The van der Waals surface area contributed by atoms with E-state index < -0.39 is 0 Å². The van der Waals surface area contributed by atoms with Gasteiger partial charge in [-0.15, -0.1) is 11.3 Å². The largest absolute Gasteiger partial charge is 0.342 e. The molecule has 6 nitrogen and oxygen atoms in total. The summed E-state index contributed by atoms with van der Waals surface area (Å²) in [7, 11) is 1.53. The Kier molecular flexibility index (Phi) is 6.30. The summed E-state index contributed by atoms with van der Waals surface area (Å²) in [6.45, 7) is 3.67. The maximum atomic E-state index is 12.1. The molecule has 2 N–H and O–H groups in total. The van der Waals surface area contributed by atoms with Gasteiger partial charge in [-0.25, -0.2) is 0 Å². The maximum Gasteiger partial charge on any atom is 0.261 e. The van der Waals surface area contributed by atoms with Gasteiger partial charge in [0.05, 0.1) is 18.0 Å². The van der Waals surface area contributed by atoms with Crippen molar-refractivity contribution in [3.05, 3.63) is 51.7 Å². The fraction of sp³-hybridized carbons (Fsp3) is 0.278. The third kappa shape index (κ3) is 5.15. The van der Waals surface area contributed by atoms with Crippen LogP contribution in [0.15, 0.2) is 35.7 Å². The number of nitrogens with zero attached hydrogens (tertiary/aromatic N) is 1. The van der Waals surface area contributed by atoms with E-state index in [4.69, 9.17) is 0 Å². The molecule has 0 aliphatic heterocycles. The minimum Gasteiger partial charge on any atom is -0.342 e. The first-order valence-corrected chi connectivity index (χ1v) is 8.68. The van der Waals surface area contributed by atoms with Gasteiger partial charge in [0.2, 0.25) is 11.8 Å². The Bertz CT molecular complexity index is 772. The van der Waals surface area contributed by atoms with E-state index in [2.05, 4.69) is 10.6 Å². The average molecular weight is 359 g/mol. The Labute approximate surface area is 150 Å². The number of likely N-dealkylation sites (N-methyl/N-ethyl adjacent to an activating group) is 1. The fourth-order valence-electron chi connectivity index (χ4n) is 2.17. The number of rotatable bonds is 6. The number of carbonyl (C=O) groups is 3. The molecule has 0 spiro atoms. The van der Waals surface area contributed by atoms with Gasteiger partial charge in [-0.1, -0.05) is 18.2 Å². The third-order valence-corrected chi connectivity index (χ3v) is 4.70. The van der Waals surface area contributed by atoms with Crippen LogP contribution in [0.5, 0.6) is 0 Å². The van der Waals surface area contributed by atoms with E-state index in [1.54, 1.807) is 17.5 Å². The van der Waals surface area contributed by atoms with Crippen molar-refractivity contribution in [3.63, 3.8) is 0 Å². The molecule has 0 radical (unpaired) electrons. The lowest BCUT2D eigenvalue weighted by atomic mass is 10.1. The summed E-state index contributed by atoms with van der Waals surface area (Å²) in [5.41, 5.74) is 2.81. The van der Waals surface area contributed by atoms with Gasteiger partial charge in [0.15, 0.2) is 0 Å². The SMILES string of the molecule is Cc1cccc(NC(=O)CN(C)C(=O)CNC(=O)c2cccs2)c1C. The summed E-state index contributed by atoms with van der Waals surface area (Å²) in [6.07, 6.45) is 0. The number of carbonyl (C=O) groups excluding carboxylic acids is 3. The molecule has 0 aliphatic rings. The molecule has 0 saturated heterocycles. The van der Waals surface area contributed by atoms with Crippen LogP contribution in [0.2, 0.25) is 0 Å². The predicted octanol–water partition coefficient (Wildman–Crippen LogP) is 2.19. The van der Waals surface area contributed by atoms with Gasteiger partial charge in [-0.05, 0) is 42.5 Å². The lowest BCUT2D eigenvalue weighted by Crippen LogP contribution is -2.41. The molecule has 0 unspecified atom stereocenters. The first-order chi connectivity index (χ1) is 11.9. The highest BCUT2D eigenvalue weighted by Gasteiger charge is 2.15. The number of benzene rings is 1. The topological polar surface area (TPSA) is 78.5 Å². The Morgan fingerprint density at radius 2 is 1.88 bits per heavy atom. The molecule has 132 valence electrons. The minimum absolute atomic E-state index is 0.0823. The third-order valence-electron chi connectivity index (χ3n) is 3.83. The van der Waals surface area contributed by atoms with E-state index in [1.165, 1.54) is 23.3 Å². The van der Waals surface area contributed by atoms with Crippen LogP contribution in [-0.4, -0.2) is 42.8 Å². The van der Waals surface area contributed by atoms with Crippen molar-refractivity contribution >= 4 is 34.7 Å². The van der Waals surface area contributed by atoms with Gasteiger partial charge in [0.1, 0.15) is 0 Å². The summed E-state index contributed by atoms with van der Waals surface area (Å²) in [5.74, 6) is -0.910. The lowest BCUT2D eigenvalue weighted by molar-refractivity contribution is -0.132. The molecular weight excluding hydrogens is 338 g/mol. The summed E-state index contributed by atoms with van der Waals surface area (Å²) >= 11 is 1.30. The fourth-order valence-corrected chi connectivity index (χ4v) is 2.81. The quantitative estimate of drug-likeness (QED) is 0.830. The molecule has 25 heavy (non-hydrogen) atoms. The van der Waals surface area contributed by atoms with Crippen molar-refractivity contribution in [3.8, 4) is 0 Å². The molecule has 0 bridgehead atoms. The highest BCUT2D eigenvalue weighted by molar-refractivity contribution is 7.12. The first-order valence-electron chi connectivity index (χ1n) is 7.80. The van der Waals surface area contributed by atoms with Gasteiger partial charge < -0.3 is 15.5 Å². The average Bonchev–Trinajstić information content (AvgIpc) is 3.11. The second-order valence-corrected chi connectivity index (χ2v) is 6.65. The lowest BCUT2D eigenvalue weighted by Gasteiger charge is -2.18. The molecule has 2 aromatic rings. The van der Waals surface area contributed by atoms with Gasteiger partial charge >= 0.3 is 0 Å². The van der Waals surface area contributed by atoms with Crippen molar-refractivity contribution in [2.24, 2.45) is 0 Å². The summed E-state index contributed by atoms with van der Waals surface area (Å²) in [5, 5.41) is 7.15. The van der Waals surface area contributed by atoms with E-state index in [0.717, 1.165) is 16.8 Å². The molecule has 0 atom stereocenters. The molecule has 0 saturated carbocycles. The first kappa shape index (κ1) is 18.7. The van der Waals surface area contributed by atoms with E-state index in [-0.39, 0.29) is 30.8 Å². The van der Waals surface area contributed by atoms with Crippen LogP contribution in [0.1, 0.15) is 20.8 Å². The zero-order chi connectivity index (χ0) is 18.4. The van der Waals surface area contributed by atoms with Gasteiger partial charge in [-0.3, -0.25) is 14.4 Å². The second kappa shape index (κ2) is 8.43. The molecule has 0 aliphatic carbocycles. The molecule has 3 amide bonds. The molecule has 0 fully saturated rings. The summed E-state index contributed by atoms with van der Waals surface area (Å²) in [4.78, 5) is 37.8. The number of anilines is 1. The zero-order valence-electron chi connectivity index (χ0n) is 14.5. The second-order valence-electron chi connectivity index (χ2n) is 5.71. The van der Waals surface area contributed by atoms with Crippen molar-refractivity contribution in [2.75, 3.05) is 25.5 Å². The molecule has 1 heterocycles. The standard InChI is InChI=1S/C18H21N3O3S/c1-12-6-4-7-14(13(12)2)20-16(22)11-21(3)17(23)10-19-18(24)15-8-5-9-25-15/h4-9H,10-11H2,1-3H3,(H,19,24)(H,20,22). The zero-order valence-corrected chi connectivity index (χ0v) is 15.3. The molecular formula is C18H21N3O3S. The smallest absolute Gasteiger partial charge is 0.261 e. The summed E-state index contributed by atoms with van der Waals surface area (Å²) < 4.78 is 0. The van der Waals surface area contributed by atoms with E-state index in [9.17, 15) is 14.4 Å². The van der Waals surface area contributed by atoms with Crippen LogP contribution in [0.3, 0.4) is 0 Å². The highest BCUT2D eigenvalue weighted by Crippen LogP contribution is 2.17. The number of aryl methyl sites for hydroxylation is 1. The predicted molar refractivity (Wildman–Crippen MR) is 98.8 cm³/mol. The maximum absolute atomic E-state index is 12.1. The molecule has 1 aromatic carbocycles. The Morgan fingerprint density at radius 3 is 2.56 bits per heavy atom. The number of hydrogen-bond donors (Lipinski definition) is 2.